The van der Waals surface area contributed by atoms with Gasteiger partial charge < -0.3 is 15.4 Å². The molecule has 0 aromatic heterocycles. The Balaban J connectivity index is 2.02. The summed E-state index contributed by atoms with van der Waals surface area (Å²) in [5.41, 5.74) is 1.23. The van der Waals surface area contributed by atoms with Gasteiger partial charge in [0, 0.05) is 12.0 Å². The SMILES string of the molecule is CCNC(=NCC1(C)COC1)NC(C)c1ccc(Cl)c(Cl)c1. The van der Waals surface area contributed by atoms with Crippen molar-refractivity contribution < 1.29 is 4.74 Å². The highest BCUT2D eigenvalue weighted by atomic mass is 35.5. The molecular formula is C16H23Cl2N3O. The molecule has 2 N–H and O–H groups in total. The first-order valence-corrected chi connectivity index (χ1v) is 8.27. The van der Waals surface area contributed by atoms with Crippen LogP contribution in [0.1, 0.15) is 32.4 Å². The van der Waals surface area contributed by atoms with Crippen molar-refractivity contribution in [3.8, 4) is 0 Å². The van der Waals surface area contributed by atoms with Crippen molar-refractivity contribution in [2.75, 3.05) is 26.3 Å². The highest BCUT2D eigenvalue weighted by Gasteiger charge is 2.33. The number of hydrogen-bond donors (Lipinski definition) is 2. The maximum absolute atomic E-state index is 6.08. The lowest BCUT2D eigenvalue weighted by molar-refractivity contribution is -0.0945. The van der Waals surface area contributed by atoms with Crippen LogP contribution in [-0.2, 0) is 4.74 Å². The van der Waals surface area contributed by atoms with Gasteiger partial charge in [-0.2, -0.15) is 0 Å². The van der Waals surface area contributed by atoms with Gasteiger partial charge in [0.05, 0.1) is 35.8 Å². The van der Waals surface area contributed by atoms with Gasteiger partial charge in [0.25, 0.3) is 0 Å². The molecule has 1 aromatic carbocycles. The first kappa shape index (κ1) is 17.4. The third-order valence-electron chi connectivity index (χ3n) is 3.66. The van der Waals surface area contributed by atoms with Gasteiger partial charge in [0.2, 0.25) is 0 Å². The van der Waals surface area contributed by atoms with E-state index in [4.69, 9.17) is 27.9 Å². The minimum atomic E-state index is 0.0815. The van der Waals surface area contributed by atoms with E-state index in [1.807, 2.05) is 18.2 Å². The van der Waals surface area contributed by atoms with Gasteiger partial charge in [-0.15, -0.1) is 0 Å². The summed E-state index contributed by atoms with van der Waals surface area (Å²) in [5.74, 6) is 0.800. The van der Waals surface area contributed by atoms with Crippen molar-refractivity contribution in [1.82, 2.24) is 10.6 Å². The zero-order valence-electron chi connectivity index (χ0n) is 13.2. The molecule has 0 amide bonds. The lowest BCUT2D eigenvalue weighted by Gasteiger charge is -2.36. The van der Waals surface area contributed by atoms with Crippen LogP contribution in [0.2, 0.25) is 10.0 Å². The average Bonchev–Trinajstić information content (AvgIpc) is 2.45. The van der Waals surface area contributed by atoms with E-state index in [9.17, 15) is 0 Å². The maximum Gasteiger partial charge on any atom is 0.191 e. The van der Waals surface area contributed by atoms with Gasteiger partial charge in [0.15, 0.2) is 5.96 Å². The first-order valence-electron chi connectivity index (χ1n) is 7.51. The molecule has 1 fully saturated rings. The lowest BCUT2D eigenvalue weighted by Crippen LogP contribution is -2.44. The number of aliphatic imine (C=N–C) groups is 1. The third-order valence-corrected chi connectivity index (χ3v) is 4.40. The summed E-state index contributed by atoms with van der Waals surface area (Å²) >= 11 is 12.0. The van der Waals surface area contributed by atoms with Crippen LogP contribution in [0.4, 0.5) is 0 Å². The number of guanidine groups is 1. The van der Waals surface area contributed by atoms with E-state index in [2.05, 4.69) is 36.4 Å². The number of ether oxygens (including phenoxy) is 1. The van der Waals surface area contributed by atoms with Crippen LogP contribution in [0.5, 0.6) is 0 Å². The molecule has 1 unspecified atom stereocenters. The molecule has 0 bridgehead atoms. The van der Waals surface area contributed by atoms with Crippen molar-refractivity contribution in [3.63, 3.8) is 0 Å². The average molecular weight is 344 g/mol. The Bertz CT molecular complexity index is 544. The molecule has 6 heteroatoms. The molecule has 4 nitrogen and oxygen atoms in total. The summed E-state index contributed by atoms with van der Waals surface area (Å²) in [6, 6.07) is 5.75. The summed E-state index contributed by atoms with van der Waals surface area (Å²) in [5, 5.41) is 7.80. The molecular weight excluding hydrogens is 321 g/mol. The van der Waals surface area contributed by atoms with Crippen LogP contribution in [0.3, 0.4) is 0 Å². The van der Waals surface area contributed by atoms with Crippen LogP contribution in [0.15, 0.2) is 23.2 Å². The Labute approximate surface area is 142 Å². The highest BCUT2D eigenvalue weighted by molar-refractivity contribution is 6.42. The number of benzene rings is 1. The van der Waals surface area contributed by atoms with E-state index in [-0.39, 0.29) is 11.5 Å². The van der Waals surface area contributed by atoms with E-state index in [1.54, 1.807) is 0 Å². The number of nitrogens with one attached hydrogen (secondary N) is 2. The highest BCUT2D eigenvalue weighted by Crippen LogP contribution is 2.27. The Morgan fingerprint density at radius 3 is 2.64 bits per heavy atom. The minimum Gasteiger partial charge on any atom is -0.380 e. The second-order valence-electron chi connectivity index (χ2n) is 6.04. The standard InChI is InChI=1S/C16H23Cl2N3O/c1-4-19-15(20-8-16(3)9-22-10-16)21-11(2)12-5-6-13(17)14(18)7-12/h5-7,11H,4,8-10H2,1-3H3,(H2,19,20,21). The molecule has 2 rings (SSSR count). The first-order chi connectivity index (χ1) is 10.4. The summed E-state index contributed by atoms with van der Waals surface area (Å²) in [4.78, 5) is 4.67. The van der Waals surface area contributed by atoms with E-state index < -0.39 is 0 Å². The second kappa shape index (κ2) is 7.53. The van der Waals surface area contributed by atoms with Crippen LogP contribution in [0, 0.1) is 5.41 Å². The molecule has 0 aliphatic carbocycles. The van der Waals surface area contributed by atoms with Crippen molar-refractivity contribution >= 4 is 29.2 Å². The van der Waals surface area contributed by atoms with Crippen LogP contribution < -0.4 is 10.6 Å². The predicted octanol–water partition coefficient (Wildman–Crippen LogP) is 3.65. The minimum absolute atomic E-state index is 0.0815. The molecule has 0 radical (unpaired) electrons. The van der Waals surface area contributed by atoms with Gasteiger partial charge in [-0.3, -0.25) is 4.99 Å². The fourth-order valence-corrected chi connectivity index (χ4v) is 2.51. The molecule has 0 spiro atoms. The molecule has 122 valence electrons. The molecule has 1 saturated heterocycles. The van der Waals surface area contributed by atoms with E-state index in [0.717, 1.165) is 37.8 Å². The Hall–Kier alpha value is -0.970. The molecule has 1 atom stereocenters. The van der Waals surface area contributed by atoms with Gasteiger partial charge in [-0.25, -0.2) is 0 Å². The molecule has 0 saturated carbocycles. The summed E-state index contributed by atoms with van der Waals surface area (Å²) in [7, 11) is 0. The number of halogens is 2. The zero-order chi connectivity index (χ0) is 16.2. The molecule has 1 aliphatic heterocycles. The van der Waals surface area contributed by atoms with Crippen molar-refractivity contribution in [1.29, 1.82) is 0 Å². The van der Waals surface area contributed by atoms with Crippen molar-refractivity contribution in [2.45, 2.75) is 26.8 Å². The number of rotatable bonds is 5. The van der Waals surface area contributed by atoms with Gasteiger partial charge in [-0.1, -0.05) is 36.2 Å². The van der Waals surface area contributed by atoms with Crippen LogP contribution in [-0.4, -0.2) is 32.3 Å². The fourth-order valence-electron chi connectivity index (χ4n) is 2.20. The van der Waals surface area contributed by atoms with E-state index in [0.29, 0.717) is 10.0 Å². The normalized spacial score (nSPS) is 18.5. The van der Waals surface area contributed by atoms with Crippen LogP contribution >= 0.6 is 23.2 Å². The van der Waals surface area contributed by atoms with E-state index in [1.165, 1.54) is 0 Å². The molecule has 22 heavy (non-hydrogen) atoms. The topological polar surface area (TPSA) is 45.7 Å². The molecule has 1 heterocycles. The third kappa shape index (κ3) is 4.51. The van der Waals surface area contributed by atoms with Gasteiger partial charge in [-0.05, 0) is 31.5 Å². The maximum atomic E-state index is 6.08. The second-order valence-corrected chi connectivity index (χ2v) is 6.85. The van der Waals surface area contributed by atoms with Gasteiger partial charge in [0.1, 0.15) is 0 Å². The molecule has 1 aliphatic rings. The summed E-state index contributed by atoms with van der Waals surface area (Å²) in [6.45, 7) is 9.42. The fraction of sp³-hybridized carbons (Fsp3) is 0.562. The lowest BCUT2D eigenvalue weighted by atomic mass is 9.89. The van der Waals surface area contributed by atoms with E-state index >= 15 is 0 Å². The number of hydrogen-bond acceptors (Lipinski definition) is 2. The van der Waals surface area contributed by atoms with Crippen molar-refractivity contribution in [2.24, 2.45) is 10.4 Å². The van der Waals surface area contributed by atoms with Gasteiger partial charge >= 0.3 is 0 Å². The Kier molecular flexibility index (Phi) is 5.95. The number of nitrogens with zero attached hydrogens (tertiary/aromatic N) is 1. The van der Waals surface area contributed by atoms with Crippen LogP contribution in [0.25, 0.3) is 0 Å². The van der Waals surface area contributed by atoms with Crippen molar-refractivity contribution in [3.05, 3.63) is 33.8 Å². The monoisotopic (exact) mass is 343 g/mol. The Morgan fingerprint density at radius 1 is 1.36 bits per heavy atom. The molecule has 1 aromatic rings. The predicted molar refractivity (Wildman–Crippen MR) is 92.9 cm³/mol. The summed E-state index contributed by atoms with van der Waals surface area (Å²) < 4.78 is 5.27. The Morgan fingerprint density at radius 2 is 2.09 bits per heavy atom. The summed E-state index contributed by atoms with van der Waals surface area (Å²) in [6.07, 6.45) is 0. The zero-order valence-corrected chi connectivity index (χ0v) is 14.8. The largest absolute Gasteiger partial charge is 0.380 e. The quantitative estimate of drug-likeness (QED) is 0.633. The smallest absolute Gasteiger partial charge is 0.191 e.